The number of nitrogens with one attached hydrogen (secondary N) is 1. The first-order chi connectivity index (χ1) is 8.20. The maximum Gasteiger partial charge on any atom is 0.0590 e. The molecule has 1 aliphatic rings. The molecule has 1 aliphatic carbocycles. The lowest BCUT2D eigenvalue weighted by molar-refractivity contribution is 0.0669. The molecule has 1 fully saturated rings. The van der Waals surface area contributed by atoms with Crippen molar-refractivity contribution in [3.05, 3.63) is 28.2 Å². The van der Waals surface area contributed by atoms with Crippen LogP contribution in [0.4, 0.5) is 5.69 Å². The highest BCUT2D eigenvalue weighted by Crippen LogP contribution is 2.28. The van der Waals surface area contributed by atoms with E-state index in [0.29, 0.717) is 12.1 Å². The van der Waals surface area contributed by atoms with Crippen LogP contribution in [-0.4, -0.2) is 19.3 Å². The Morgan fingerprint density at radius 2 is 2.18 bits per heavy atom. The van der Waals surface area contributed by atoms with Crippen molar-refractivity contribution >= 4 is 21.6 Å². The zero-order valence-electron chi connectivity index (χ0n) is 10.5. The molecule has 2 nitrogen and oxygen atoms in total. The van der Waals surface area contributed by atoms with Gasteiger partial charge in [-0.2, -0.15) is 0 Å². The second-order valence-corrected chi connectivity index (χ2v) is 5.63. The third-order valence-electron chi connectivity index (χ3n) is 3.59. The summed E-state index contributed by atoms with van der Waals surface area (Å²) < 4.78 is 6.63. The van der Waals surface area contributed by atoms with E-state index in [1.54, 1.807) is 0 Å². The summed E-state index contributed by atoms with van der Waals surface area (Å²) >= 11 is 3.57. The molecule has 3 heteroatoms. The van der Waals surface area contributed by atoms with E-state index in [-0.39, 0.29) is 0 Å². The number of methoxy groups -OCH3 is 1. The molecule has 0 spiro atoms. The molecule has 0 bridgehead atoms. The molecule has 0 heterocycles. The van der Waals surface area contributed by atoms with Crippen LogP contribution in [0.15, 0.2) is 22.7 Å². The number of anilines is 1. The molecule has 94 valence electrons. The molecular formula is C14H20BrNO. The number of rotatable bonds is 3. The number of hydrogen-bond donors (Lipinski definition) is 1. The normalized spacial score (nSPS) is 24.6. The number of ether oxygens (including phenoxy) is 1. The van der Waals surface area contributed by atoms with Gasteiger partial charge in [-0.3, -0.25) is 0 Å². The van der Waals surface area contributed by atoms with Gasteiger partial charge in [-0.1, -0.05) is 22.0 Å². The molecule has 1 N–H and O–H groups in total. The van der Waals surface area contributed by atoms with E-state index in [2.05, 4.69) is 46.4 Å². The quantitative estimate of drug-likeness (QED) is 0.906. The molecule has 1 aromatic carbocycles. The minimum Gasteiger partial charge on any atom is -0.382 e. The van der Waals surface area contributed by atoms with Crippen LogP contribution < -0.4 is 5.32 Å². The summed E-state index contributed by atoms with van der Waals surface area (Å²) in [6, 6.07) is 6.85. The first kappa shape index (κ1) is 12.9. The Hall–Kier alpha value is -0.540. The van der Waals surface area contributed by atoms with Gasteiger partial charge in [0.1, 0.15) is 0 Å². The maximum absolute atomic E-state index is 5.46. The van der Waals surface area contributed by atoms with Crippen LogP contribution >= 0.6 is 15.9 Å². The minimum atomic E-state index is 0.425. The van der Waals surface area contributed by atoms with Gasteiger partial charge in [-0.05, 0) is 50.3 Å². The standard InChI is InChI=1S/C14H20BrNO/c1-10-13(15)7-4-8-14(10)16-11-5-3-6-12(9-11)17-2/h4,7-8,11-12,16H,3,5-6,9H2,1-2H3. The van der Waals surface area contributed by atoms with E-state index in [1.165, 1.54) is 35.0 Å². The Labute approximate surface area is 112 Å². The van der Waals surface area contributed by atoms with Crippen molar-refractivity contribution in [2.24, 2.45) is 0 Å². The van der Waals surface area contributed by atoms with Gasteiger partial charge in [0.05, 0.1) is 6.10 Å². The maximum atomic E-state index is 5.46. The van der Waals surface area contributed by atoms with Crippen molar-refractivity contribution in [3.63, 3.8) is 0 Å². The smallest absolute Gasteiger partial charge is 0.0590 e. The average molecular weight is 298 g/mol. The summed E-state index contributed by atoms with van der Waals surface area (Å²) in [4.78, 5) is 0. The fourth-order valence-corrected chi connectivity index (χ4v) is 2.84. The second kappa shape index (κ2) is 5.87. The van der Waals surface area contributed by atoms with Crippen LogP contribution in [0.5, 0.6) is 0 Å². The summed E-state index contributed by atoms with van der Waals surface area (Å²) in [5.41, 5.74) is 2.52. The third-order valence-corrected chi connectivity index (χ3v) is 4.45. The van der Waals surface area contributed by atoms with Crippen LogP contribution in [0.25, 0.3) is 0 Å². The van der Waals surface area contributed by atoms with E-state index < -0.39 is 0 Å². The largest absolute Gasteiger partial charge is 0.382 e. The van der Waals surface area contributed by atoms with Crippen molar-refractivity contribution in [2.45, 2.75) is 44.8 Å². The Morgan fingerprint density at radius 1 is 1.35 bits per heavy atom. The molecule has 0 saturated heterocycles. The van der Waals surface area contributed by atoms with Gasteiger partial charge in [0.25, 0.3) is 0 Å². The van der Waals surface area contributed by atoms with E-state index in [0.717, 1.165) is 6.42 Å². The first-order valence-corrected chi connectivity index (χ1v) is 7.04. The fraction of sp³-hybridized carbons (Fsp3) is 0.571. The molecule has 2 rings (SSSR count). The lowest BCUT2D eigenvalue weighted by Gasteiger charge is -2.30. The Kier molecular flexibility index (Phi) is 4.46. The van der Waals surface area contributed by atoms with Gasteiger partial charge in [0.15, 0.2) is 0 Å². The fourth-order valence-electron chi connectivity index (χ4n) is 2.47. The molecule has 0 radical (unpaired) electrons. The Balaban J connectivity index is 2.02. The van der Waals surface area contributed by atoms with Gasteiger partial charge < -0.3 is 10.1 Å². The van der Waals surface area contributed by atoms with Crippen molar-refractivity contribution in [1.82, 2.24) is 0 Å². The van der Waals surface area contributed by atoms with Gasteiger partial charge in [0.2, 0.25) is 0 Å². The highest BCUT2D eigenvalue weighted by Gasteiger charge is 2.21. The van der Waals surface area contributed by atoms with Crippen molar-refractivity contribution < 1.29 is 4.74 Å². The second-order valence-electron chi connectivity index (χ2n) is 4.78. The van der Waals surface area contributed by atoms with E-state index in [9.17, 15) is 0 Å². The lowest BCUT2D eigenvalue weighted by Crippen LogP contribution is -2.31. The van der Waals surface area contributed by atoms with Crippen LogP contribution in [0, 0.1) is 6.92 Å². The third kappa shape index (κ3) is 3.23. The predicted molar refractivity (Wildman–Crippen MR) is 75.6 cm³/mol. The number of halogens is 1. The molecule has 0 aliphatic heterocycles. The summed E-state index contributed by atoms with van der Waals surface area (Å²) in [6.45, 7) is 2.14. The SMILES string of the molecule is COC1CCCC(Nc2cccc(Br)c2C)C1. The molecule has 1 saturated carbocycles. The van der Waals surface area contributed by atoms with Crippen LogP contribution in [0.3, 0.4) is 0 Å². The van der Waals surface area contributed by atoms with E-state index in [4.69, 9.17) is 4.74 Å². The summed E-state index contributed by atoms with van der Waals surface area (Å²) in [6.07, 6.45) is 5.23. The summed E-state index contributed by atoms with van der Waals surface area (Å²) in [5.74, 6) is 0. The molecule has 1 aromatic rings. The zero-order valence-corrected chi connectivity index (χ0v) is 12.1. The number of hydrogen-bond acceptors (Lipinski definition) is 2. The predicted octanol–water partition coefficient (Wildman–Crippen LogP) is 4.13. The molecule has 2 atom stereocenters. The summed E-state index contributed by atoms with van der Waals surface area (Å²) in [7, 11) is 1.82. The molecule has 17 heavy (non-hydrogen) atoms. The van der Waals surface area contributed by atoms with Crippen molar-refractivity contribution in [3.8, 4) is 0 Å². The highest BCUT2D eigenvalue weighted by atomic mass is 79.9. The summed E-state index contributed by atoms with van der Waals surface area (Å²) in [5, 5.41) is 3.64. The van der Waals surface area contributed by atoms with Crippen molar-refractivity contribution in [1.29, 1.82) is 0 Å². The van der Waals surface area contributed by atoms with Crippen LogP contribution in [0.1, 0.15) is 31.2 Å². The highest BCUT2D eigenvalue weighted by molar-refractivity contribution is 9.10. The Bertz CT molecular complexity index is 380. The first-order valence-electron chi connectivity index (χ1n) is 6.25. The van der Waals surface area contributed by atoms with Gasteiger partial charge in [-0.25, -0.2) is 0 Å². The molecule has 0 aromatic heterocycles. The average Bonchev–Trinajstić information content (AvgIpc) is 2.35. The molecule has 0 amide bonds. The lowest BCUT2D eigenvalue weighted by atomic mass is 9.92. The topological polar surface area (TPSA) is 21.3 Å². The molecule has 2 unspecified atom stereocenters. The van der Waals surface area contributed by atoms with Crippen LogP contribution in [-0.2, 0) is 4.74 Å². The zero-order chi connectivity index (χ0) is 12.3. The van der Waals surface area contributed by atoms with Gasteiger partial charge in [0, 0.05) is 23.3 Å². The molecular weight excluding hydrogens is 278 g/mol. The Morgan fingerprint density at radius 3 is 2.94 bits per heavy atom. The van der Waals surface area contributed by atoms with Gasteiger partial charge >= 0.3 is 0 Å². The van der Waals surface area contributed by atoms with E-state index >= 15 is 0 Å². The minimum absolute atomic E-state index is 0.425. The number of benzene rings is 1. The van der Waals surface area contributed by atoms with Crippen molar-refractivity contribution in [2.75, 3.05) is 12.4 Å². The van der Waals surface area contributed by atoms with Gasteiger partial charge in [-0.15, -0.1) is 0 Å². The monoisotopic (exact) mass is 297 g/mol. The van der Waals surface area contributed by atoms with E-state index in [1.807, 2.05) is 7.11 Å². The van der Waals surface area contributed by atoms with Crippen LogP contribution in [0.2, 0.25) is 0 Å².